The molecule has 0 heterocycles. The van der Waals surface area contributed by atoms with Crippen LogP contribution in [0.1, 0.15) is 42.0 Å². The first-order valence-electron chi connectivity index (χ1n) is 10.8. The number of aliphatic hydroxyl groups excluding tert-OH is 4. The summed E-state index contributed by atoms with van der Waals surface area (Å²) in [5.74, 6) is 0. The average Bonchev–Trinajstić information content (AvgIpc) is 2.72. The normalized spacial score (nSPS) is 18.6. The number of aliphatic hydroxyl groups is 6. The molecule has 0 aliphatic carbocycles. The van der Waals surface area contributed by atoms with E-state index in [1.54, 1.807) is 18.2 Å². The van der Waals surface area contributed by atoms with E-state index in [1.807, 2.05) is 51.1 Å². The van der Waals surface area contributed by atoms with Crippen molar-refractivity contribution in [2.45, 2.75) is 76.0 Å². The van der Waals surface area contributed by atoms with E-state index in [2.05, 4.69) is 0 Å². The molecule has 31 heavy (non-hydrogen) atoms. The number of hydrogen-bond donors (Lipinski definition) is 6. The average molecular weight is 433 g/mol. The molecule has 2 aromatic rings. The first-order valence-corrected chi connectivity index (χ1v) is 10.8. The number of benzene rings is 2. The molecule has 1 unspecified atom stereocenters. The summed E-state index contributed by atoms with van der Waals surface area (Å²) in [7, 11) is 0. The van der Waals surface area contributed by atoms with Crippen LogP contribution in [-0.4, -0.2) is 66.8 Å². The summed E-state index contributed by atoms with van der Waals surface area (Å²) in [4.78, 5) is 0. The van der Waals surface area contributed by atoms with Crippen molar-refractivity contribution in [2.24, 2.45) is 0 Å². The molecular formula is C25H36O6. The fourth-order valence-electron chi connectivity index (χ4n) is 4.34. The molecule has 0 aromatic heterocycles. The third-order valence-corrected chi connectivity index (χ3v) is 5.89. The van der Waals surface area contributed by atoms with E-state index in [0.29, 0.717) is 12.0 Å². The van der Waals surface area contributed by atoms with Gasteiger partial charge in [-0.2, -0.15) is 0 Å². The largest absolute Gasteiger partial charge is 0.394 e. The number of rotatable bonds is 11. The molecule has 0 saturated carbocycles. The van der Waals surface area contributed by atoms with Crippen LogP contribution < -0.4 is 0 Å². The van der Waals surface area contributed by atoms with E-state index >= 15 is 0 Å². The fourth-order valence-corrected chi connectivity index (χ4v) is 4.34. The summed E-state index contributed by atoms with van der Waals surface area (Å²) < 4.78 is 0. The summed E-state index contributed by atoms with van der Waals surface area (Å²) in [6, 6.07) is 14.7. The Hall–Kier alpha value is -1.80. The Morgan fingerprint density at radius 3 is 1.81 bits per heavy atom. The fraction of sp³-hybridized carbons (Fsp3) is 0.520. The van der Waals surface area contributed by atoms with Crippen molar-refractivity contribution in [3.8, 4) is 0 Å². The maximum Gasteiger partial charge on any atom is 0.126 e. The number of aryl methyl sites for hydroxylation is 2. The lowest BCUT2D eigenvalue weighted by atomic mass is 9.71. The Labute approximate surface area is 184 Å². The Morgan fingerprint density at radius 1 is 0.839 bits per heavy atom. The van der Waals surface area contributed by atoms with Crippen molar-refractivity contribution in [3.63, 3.8) is 0 Å². The maximum atomic E-state index is 11.6. The van der Waals surface area contributed by atoms with Gasteiger partial charge in [0.2, 0.25) is 0 Å². The molecule has 0 saturated heterocycles. The van der Waals surface area contributed by atoms with Crippen LogP contribution >= 0.6 is 0 Å². The lowest BCUT2D eigenvalue weighted by Gasteiger charge is -2.46. The molecule has 0 bridgehead atoms. The van der Waals surface area contributed by atoms with Gasteiger partial charge in [0, 0.05) is 12.8 Å². The first kappa shape index (κ1) is 25.5. The summed E-state index contributed by atoms with van der Waals surface area (Å²) in [6.45, 7) is 4.86. The van der Waals surface area contributed by atoms with Gasteiger partial charge in [-0.3, -0.25) is 0 Å². The maximum absolute atomic E-state index is 11.6. The molecule has 0 aliphatic heterocycles. The second-order valence-corrected chi connectivity index (χ2v) is 8.77. The highest BCUT2D eigenvalue weighted by Crippen LogP contribution is 2.35. The van der Waals surface area contributed by atoms with Crippen LogP contribution in [0.4, 0.5) is 0 Å². The van der Waals surface area contributed by atoms with Gasteiger partial charge in [-0.1, -0.05) is 73.0 Å². The van der Waals surface area contributed by atoms with E-state index < -0.39 is 36.1 Å². The topological polar surface area (TPSA) is 121 Å². The van der Waals surface area contributed by atoms with Gasteiger partial charge in [0.15, 0.2) is 0 Å². The van der Waals surface area contributed by atoms with Gasteiger partial charge < -0.3 is 30.6 Å². The highest BCUT2D eigenvalue weighted by molar-refractivity contribution is 5.27. The molecule has 0 spiro atoms. The van der Waals surface area contributed by atoms with Crippen LogP contribution in [0, 0.1) is 13.8 Å². The standard InChI is InChI=1S/C25H36O6/c1-4-11-24(30,14-19-9-5-7-17(2)12-19)23(29)25(31,22(28)21(27)16-26)15-20-10-6-8-18(3)13-20/h5-10,12-13,21-23,26-31H,4,11,14-16H2,1-3H3/t21-,22+,23+,24?,25+/m0/s1. The molecule has 2 aromatic carbocycles. The summed E-state index contributed by atoms with van der Waals surface area (Å²) in [6.07, 6.45) is -4.82. The van der Waals surface area contributed by atoms with Crippen LogP contribution in [-0.2, 0) is 12.8 Å². The minimum absolute atomic E-state index is 0.0573. The van der Waals surface area contributed by atoms with Crippen LogP contribution in [0.2, 0.25) is 0 Å². The highest BCUT2D eigenvalue weighted by Gasteiger charge is 2.53. The summed E-state index contributed by atoms with van der Waals surface area (Å²) in [5.41, 5.74) is -0.738. The quantitative estimate of drug-likeness (QED) is 0.319. The van der Waals surface area contributed by atoms with E-state index in [9.17, 15) is 30.6 Å². The molecule has 172 valence electrons. The molecule has 6 heteroatoms. The second kappa shape index (κ2) is 10.7. The van der Waals surface area contributed by atoms with Crippen molar-refractivity contribution in [3.05, 3.63) is 70.8 Å². The van der Waals surface area contributed by atoms with Crippen LogP contribution in [0.25, 0.3) is 0 Å². The number of hydrogen-bond acceptors (Lipinski definition) is 6. The Kier molecular flexibility index (Phi) is 8.77. The molecule has 2 rings (SSSR count). The van der Waals surface area contributed by atoms with E-state index in [-0.39, 0.29) is 19.3 Å². The third kappa shape index (κ3) is 6.13. The van der Waals surface area contributed by atoms with Gasteiger partial charge >= 0.3 is 0 Å². The summed E-state index contributed by atoms with van der Waals surface area (Å²) >= 11 is 0. The van der Waals surface area contributed by atoms with Gasteiger partial charge in [-0.15, -0.1) is 0 Å². The lowest BCUT2D eigenvalue weighted by molar-refractivity contribution is -0.230. The molecule has 0 aliphatic rings. The molecular weight excluding hydrogens is 396 g/mol. The van der Waals surface area contributed by atoms with Gasteiger partial charge in [0.1, 0.15) is 23.9 Å². The van der Waals surface area contributed by atoms with E-state index in [4.69, 9.17) is 0 Å². The Morgan fingerprint density at radius 2 is 1.35 bits per heavy atom. The zero-order valence-corrected chi connectivity index (χ0v) is 18.6. The van der Waals surface area contributed by atoms with Gasteiger partial charge in [-0.25, -0.2) is 0 Å². The third-order valence-electron chi connectivity index (χ3n) is 5.89. The van der Waals surface area contributed by atoms with Crippen molar-refractivity contribution in [2.75, 3.05) is 6.61 Å². The SMILES string of the molecule is CCCC(O)(Cc1cccc(C)c1)[C@@H](O)[C@@](O)(Cc1cccc(C)c1)[C@H](O)[C@@H](O)CO. The predicted molar refractivity (Wildman–Crippen MR) is 120 cm³/mol. The van der Waals surface area contributed by atoms with Crippen LogP contribution in [0.5, 0.6) is 0 Å². The van der Waals surface area contributed by atoms with Gasteiger partial charge in [-0.05, 0) is 31.4 Å². The Bertz CT molecular complexity index is 840. The molecule has 6 N–H and O–H groups in total. The van der Waals surface area contributed by atoms with Crippen molar-refractivity contribution in [1.29, 1.82) is 0 Å². The minimum atomic E-state index is -2.30. The predicted octanol–water partition coefficient (Wildman–Crippen LogP) is 1.43. The lowest BCUT2D eigenvalue weighted by Crippen LogP contribution is -2.66. The zero-order chi connectivity index (χ0) is 23.2. The van der Waals surface area contributed by atoms with Gasteiger partial charge in [0.25, 0.3) is 0 Å². The summed E-state index contributed by atoms with van der Waals surface area (Å²) in [5, 5.41) is 64.7. The van der Waals surface area contributed by atoms with Crippen molar-refractivity contribution in [1.82, 2.24) is 0 Å². The van der Waals surface area contributed by atoms with E-state index in [0.717, 1.165) is 16.7 Å². The Balaban J connectivity index is 2.49. The second-order valence-electron chi connectivity index (χ2n) is 8.77. The highest BCUT2D eigenvalue weighted by atomic mass is 16.4. The van der Waals surface area contributed by atoms with Crippen molar-refractivity contribution >= 4 is 0 Å². The smallest absolute Gasteiger partial charge is 0.126 e. The van der Waals surface area contributed by atoms with E-state index in [1.165, 1.54) is 0 Å². The molecule has 0 radical (unpaired) electrons. The monoisotopic (exact) mass is 432 g/mol. The van der Waals surface area contributed by atoms with Crippen LogP contribution in [0.3, 0.4) is 0 Å². The molecule has 0 amide bonds. The van der Waals surface area contributed by atoms with Crippen LogP contribution in [0.15, 0.2) is 48.5 Å². The zero-order valence-electron chi connectivity index (χ0n) is 18.6. The molecule has 5 atom stereocenters. The first-order chi connectivity index (χ1) is 14.6. The molecule has 0 fully saturated rings. The minimum Gasteiger partial charge on any atom is -0.394 e. The van der Waals surface area contributed by atoms with Crippen molar-refractivity contribution < 1.29 is 30.6 Å². The molecule has 6 nitrogen and oxygen atoms in total. The van der Waals surface area contributed by atoms with Gasteiger partial charge in [0.05, 0.1) is 12.2 Å².